The Hall–Kier alpha value is -1.26. The lowest BCUT2D eigenvalue weighted by Gasteiger charge is -2.23. The SMILES string of the molecule is COc1ccc(CO)c(OCCC(C)(C)OC)c1. The van der Waals surface area contributed by atoms with Gasteiger partial charge in [0.05, 0.1) is 25.9 Å². The zero-order chi connectivity index (χ0) is 13.6. The summed E-state index contributed by atoms with van der Waals surface area (Å²) in [5.41, 5.74) is 0.546. The molecule has 18 heavy (non-hydrogen) atoms. The molecule has 0 amide bonds. The molecule has 0 saturated heterocycles. The highest BCUT2D eigenvalue weighted by Gasteiger charge is 2.16. The monoisotopic (exact) mass is 254 g/mol. The minimum atomic E-state index is -0.210. The molecule has 1 N–H and O–H groups in total. The van der Waals surface area contributed by atoms with E-state index >= 15 is 0 Å². The van der Waals surface area contributed by atoms with Gasteiger partial charge in [-0.2, -0.15) is 0 Å². The molecule has 1 aromatic rings. The topological polar surface area (TPSA) is 47.9 Å². The summed E-state index contributed by atoms with van der Waals surface area (Å²) >= 11 is 0. The van der Waals surface area contributed by atoms with Crippen molar-refractivity contribution in [1.29, 1.82) is 0 Å². The van der Waals surface area contributed by atoms with Crippen LogP contribution in [0.4, 0.5) is 0 Å². The minimum absolute atomic E-state index is 0.0486. The van der Waals surface area contributed by atoms with Gasteiger partial charge in [0.25, 0.3) is 0 Å². The smallest absolute Gasteiger partial charge is 0.128 e. The van der Waals surface area contributed by atoms with Crippen LogP contribution in [-0.4, -0.2) is 31.5 Å². The number of hydrogen-bond donors (Lipinski definition) is 1. The molecule has 4 nitrogen and oxygen atoms in total. The normalized spacial score (nSPS) is 11.4. The average Bonchev–Trinajstić information content (AvgIpc) is 2.38. The maximum absolute atomic E-state index is 9.24. The van der Waals surface area contributed by atoms with E-state index < -0.39 is 0 Å². The first-order valence-corrected chi connectivity index (χ1v) is 5.98. The van der Waals surface area contributed by atoms with Crippen LogP contribution in [0.2, 0.25) is 0 Å². The first-order chi connectivity index (χ1) is 8.52. The number of hydrogen-bond acceptors (Lipinski definition) is 4. The maximum Gasteiger partial charge on any atom is 0.128 e. The molecule has 102 valence electrons. The Kier molecular flexibility index (Phi) is 5.44. The van der Waals surface area contributed by atoms with Gasteiger partial charge in [0.1, 0.15) is 11.5 Å². The van der Waals surface area contributed by atoms with Crippen LogP contribution in [0.3, 0.4) is 0 Å². The summed E-state index contributed by atoms with van der Waals surface area (Å²) < 4.78 is 16.1. The maximum atomic E-state index is 9.24. The van der Waals surface area contributed by atoms with Gasteiger partial charge in [-0.15, -0.1) is 0 Å². The van der Waals surface area contributed by atoms with E-state index in [2.05, 4.69) is 0 Å². The van der Waals surface area contributed by atoms with Crippen molar-refractivity contribution < 1.29 is 19.3 Å². The summed E-state index contributed by atoms with van der Waals surface area (Å²) in [6.07, 6.45) is 0.769. The van der Waals surface area contributed by atoms with Gasteiger partial charge in [-0.05, 0) is 26.0 Å². The van der Waals surface area contributed by atoms with E-state index in [-0.39, 0.29) is 12.2 Å². The van der Waals surface area contributed by atoms with Gasteiger partial charge < -0.3 is 19.3 Å². The molecule has 0 fully saturated rings. The highest BCUT2D eigenvalue weighted by Crippen LogP contribution is 2.25. The zero-order valence-electron chi connectivity index (χ0n) is 11.5. The second-order valence-electron chi connectivity index (χ2n) is 4.69. The summed E-state index contributed by atoms with van der Waals surface area (Å²) in [5, 5.41) is 9.24. The van der Waals surface area contributed by atoms with Crippen LogP contribution in [0.5, 0.6) is 11.5 Å². The van der Waals surface area contributed by atoms with Gasteiger partial charge in [0.2, 0.25) is 0 Å². The second kappa shape index (κ2) is 6.61. The summed E-state index contributed by atoms with van der Waals surface area (Å²) in [6.45, 7) is 4.50. The lowest BCUT2D eigenvalue weighted by Crippen LogP contribution is -2.25. The number of methoxy groups -OCH3 is 2. The van der Waals surface area contributed by atoms with Crippen LogP contribution >= 0.6 is 0 Å². The van der Waals surface area contributed by atoms with Gasteiger partial charge in [-0.25, -0.2) is 0 Å². The highest BCUT2D eigenvalue weighted by atomic mass is 16.5. The molecule has 0 spiro atoms. The van der Waals surface area contributed by atoms with Crippen molar-refractivity contribution >= 4 is 0 Å². The molecule has 0 aromatic heterocycles. The summed E-state index contributed by atoms with van der Waals surface area (Å²) in [7, 11) is 3.29. The van der Waals surface area contributed by atoms with E-state index in [9.17, 15) is 5.11 Å². The van der Waals surface area contributed by atoms with Crippen molar-refractivity contribution in [1.82, 2.24) is 0 Å². The Morgan fingerprint density at radius 3 is 2.50 bits per heavy atom. The molecule has 0 aliphatic heterocycles. The third-order valence-corrected chi connectivity index (χ3v) is 2.96. The fourth-order valence-corrected chi connectivity index (χ4v) is 1.44. The van der Waals surface area contributed by atoms with Crippen LogP contribution in [-0.2, 0) is 11.3 Å². The standard InChI is InChI=1S/C14H22O4/c1-14(2,17-4)7-8-18-13-9-12(16-3)6-5-11(13)10-15/h5-6,9,15H,7-8,10H2,1-4H3. The largest absolute Gasteiger partial charge is 0.497 e. The van der Waals surface area contributed by atoms with E-state index in [4.69, 9.17) is 14.2 Å². The molecule has 0 aliphatic carbocycles. The molecule has 0 unspecified atom stereocenters. The molecule has 0 atom stereocenters. The quantitative estimate of drug-likeness (QED) is 0.811. The Morgan fingerprint density at radius 1 is 1.22 bits per heavy atom. The number of ether oxygens (including phenoxy) is 3. The van der Waals surface area contributed by atoms with Crippen LogP contribution in [0.1, 0.15) is 25.8 Å². The Bertz CT molecular complexity index is 374. The van der Waals surface area contributed by atoms with Crippen LogP contribution in [0.25, 0.3) is 0 Å². The molecule has 0 saturated carbocycles. The van der Waals surface area contributed by atoms with Gasteiger partial charge >= 0.3 is 0 Å². The molecule has 1 rings (SSSR count). The molecule has 0 radical (unpaired) electrons. The lowest BCUT2D eigenvalue weighted by molar-refractivity contribution is 0.00529. The fourth-order valence-electron chi connectivity index (χ4n) is 1.44. The van der Waals surface area contributed by atoms with Crippen molar-refractivity contribution in [2.75, 3.05) is 20.8 Å². The Morgan fingerprint density at radius 2 is 1.94 bits per heavy atom. The van der Waals surface area contributed by atoms with Crippen molar-refractivity contribution in [2.45, 2.75) is 32.5 Å². The number of aliphatic hydroxyl groups excluding tert-OH is 1. The Labute approximate surface area is 108 Å². The number of rotatable bonds is 7. The molecule has 4 heteroatoms. The predicted molar refractivity (Wildman–Crippen MR) is 70.1 cm³/mol. The van der Waals surface area contributed by atoms with E-state index in [1.165, 1.54) is 0 Å². The van der Waals surface area contributed by atoms with E-state index in [0.717, 1.165) is 12.0 Å². The van der Waals surface area contributed by atoms with Gasteiger partial charge in [-0.1, -0.05) is 0 Å². The molecule has 0 aliphatic rings. The van der Waals surface area contributed by atoms with E-state index in [0.29, 0.717) is 18.1 Å². The fraction of sp³-hybridized carbons (Fsp3) is 0.571. The van der Waals surface area contributed by atoms with Gasteiger partial charge in [-0.3, -0.25) is 0 Å². The Balaban J connectivity index is 2.65. The lowest BCUT2D eigenvalue weighted by atomic mass is 10.1. The van der Waals surface area contributed by atoms with E-state index in [1.807, 2.05) is 13.8 Å². The van der Waals surface area contributed by atoms with Crippen molar-refractivity contribution in [3.8, 4) is 11.5 Å². The molecule has 1 aromatic carbocycles. The molecule has 0 heterocycles. The second-order valence-corrected chi connectivity index (χ2v) is 4.69. The third kappa shape index (κ3) is 4.20. The third-order valence-electron chi connectivity index (χ3n) is 2.96. The first kappa shape index (κ1) is 14.8. The van der Waals surface area contributed by atoms with Gasteiger partial charge in [0, 0.05) is 25.2 Å². The molecular weight excluding hydrogens is 232 g/mol. The number of aliphatic hydroxyl groups is 1. The van der Waals surface area contributed by atoms with Crippen LogP contribution < -0.4 is 9.47 Å². The summed E-state index contributed by atoms with van der Waals surface area (Å²) in [4.78, 5) is 0. The molecular formula is C14H22O4. The van der Waals surface area contributed by atoms with Crippen molar-refractivity contribution in [3.05, 3.63) is 23.8 Å². The van der Waals surface area contributed by atoms with Crippen LogP contribution in [0.15, 0.2) is 18.2 Å². The van der Waals surface area contributed by atoms with Crippen LogP contribution in [0, 0.1) is 0 Å². The minimum Gasteiger partial charge on any atom is -0.497 e. The average molecular weight is 254 g/mol. The highest BCUT2D eigenvalue weighted by molar-refractivity contribution is 5.40. The van der Waals surface area contributed by atoms with Gasteiger partial charge in [0.15, 0.2) is 0 Å². The van der Waals surface area contributed by atoms with E-state index in [1.54, 1.807) is 32.4 Å². The van der Waals surface area contributed by atoms with Crippen molar-refractivity contribution in [2.24, 2.45) is 0 Å². The summed E-state index contributed by atoms with van der Waals surface area (Å²) in [5.74, 6) is 1.37. The molecule has 0 bridgehead atoms. The first-order valence-electron chi connectivity index (χ1n) is 5.98. The zero-order valence-corrected chi connectivity index (χ0v) is 11.5. The number of benzene rings is 1. The predicted octanol–water partition coefficient (Wildman–Crippen LogP) is 2.38. The summed E-state index contributed by atoms with van der Waals surface area (Å²) in [6, 6.07) is 5.39. The van der Waals surface area contributed by atoms with Crippen molar-refractivity contribution in [3.63, 3.8) is 0 Å².